The molecule has 0 radical (unpaired) electrons. The number of benzene rings is 2. The quantitative estimate of drug-likeness (QED) is 0.0831. The zero-order valence-corrected chi connectivity index (χ0v) is 70.6. The van der Waals surface area contributed by atoms with Crippen LogP contribution in [0.5, 0.6) is 0 Å². The van der Waals surface area contributed by atoms with E-state index in [1.54, 1.807) is 45.6 Å². The van der Waals surface area contributed by atoms with Crippen molar-refractivity contribution in [3.8, 4) is 89.1 Å². The molecule has 0 amide bonds. The Balaban J connectivity index is 0.000000113. The summed E-state index contributed by atoms with van der Waals surface area (Å²) in [5, 5.41) is 35.5. The van der Waals surface area contributed by atoms with Gasteiger partial charge in [0.1, 0.15) is 40.1 Å². The average molecular weight is 1660 g/mol. The maximum absolute atomic E-state index is 14.2. The van der Waals surface area contributed by atoms with Crippen molar-refractivity contribution in [3.05, 3.63) is 240 Å². The molecule has 0 aliphatic heterocycles. The van der Waals surface area contributed by atoms with Crippen LogP contribution < -0.4 is 0 Å². The molecule has 0 spiro atoms. The highest BCUT2D eigenvalue weighted by molar-refractivity contribution is 5.98. The number of aromatic nitrogens is 20. The second-order valence-electron chi connectivity index (χ2n) is 33.6. The number of rotatable bonds is 17. The highest BCUT2D eigenvalue weighted by atomic mass is 19.4. The van der Waals surface area contributed by atoms with E-state index in [9.17, 15) is 22.0 Å². The van der Waals surface area contributed by atoms with E-state index in [0.29, 0.717) is 58.4 Å². The van der Waals surface area contributed by atoms with Crippen LogP contribution in [0.2, 0.25) is 0 Å². The van der Waals surface area contributed by atoms with E-state index in [2.05, 4.69) is 133 Å². The van der Waals surface area contributed by atoms with Gasteiger partial charge in [0, 0.05) is 179 Å². The van der Waals surface area contributed by atoms with Crippen molar-refractivity contribution in [1.82, 2.24) is 98.4 Å². The zero-order valence-electron chi connectivity index (χ0n) is 72.6. The van der Waals surface area contributed by atoms with Crippen LogP contribution in [-0.2, 0) is 33.3 Å². The summed E-state index contributed by atoms with van der Waals surface area (Å²) in [7, 11) is 3.74. The van der Waals surface area contributed by atoms with Gasteiger partial charge in [0.15, 0.2) is 0 Å². The maximum atomic E-state index is 14.2. The molecule has 18 aromatic rings. The SMILES string of the molecule is Cc1noc(C)c1-c1cnc2c(-c3cc(C(F)(F)F)[nH]n3)cn(C(C)c3ccccc3)c2c1.Cc1noc(C)c1-c1cnc2c(-c3cnn(C)c3)cn(CC3CC(C)(F)C3)c2c1.Cc1noc(C)c1-c1cnc2c(-c3cnn(C4CC4)c3)cn(C(C)c3ccccc3)c2c1.[2H]C([2H])(C1CC(C)(F)C1)n1cc(-c2cnn(C)c2)c2ncc(-c3c(C)noc3C)cc21. The lowest BCUT2D eigenvalue weighted by Crippen LogP contribution is -2.38. The fourth-order valence-electron chi connectivity index (χ4n) is 17.7. The van der Waals surface area contributed by atoms with Crippen molar-refractivity contribution < 1.29 is 42.8 Å². The van der Waals surface area contributed by atoms with Crippen molar-refractivity contribution in [2.75, 3.05) is 0 Å². The first-order valence-electron chi connectivity index (χ1n) is 42.1. The Morgan fingerprint density at radius 2 is 0.829 bits per heavy atom. The minimum absolute atomic E-state index is 0.0924. The Hall–Kier alpha value is -13.5. The minimum Gasteiger partial charge on any atom is -0.361 e. The number of halogens is 5. The fraction of sp³-hybridized carbons (Fsp3) is 0.319. The molecule has 1 N–H and O–H groups in total. The number of fused-ring (bicyclic) bond motifs is 4. The van der Waals surface area contributed by atoms with Gasteiger partial charge in [-0.05, 0) is 175 Å². The number of alkyl halides is 5. The third kappa shape index (κ3) is 15.8. The fourth-order valence-corrected chi connectivity index (χ4v) is 17.7. The van der Waals surface area contributed by atoms with E-state index in [-0.39, 0.29) is 30.6 Å². The van der Waals surface area contributed by atoms with Crippen LogP contribution in [-0.4, -0.2) is 110 Å². The number of H-pyrrole nitrogens is 1. The van der Waals surface area contributed by atoms with E-state index < -0.39 is 35.6 Å². The number of nitrogens with one attached hydrogen (secondary N) is 1. The third-order valence-corrected chi connectivity index (χ3v) is 24.0. The van der Waals surface area contributed by atoms with Crippen molar-refractivity contribution in [3.63, 3.8) is 0 Å². The maximum Gasteiger partial charge on any atom is 0.432 e. The van der Waals surface area contributed by atoms with Gasteiger partial charge in [0.05, 0.1) is 112 Å². The summed E-state index contributed by atoms with van der Waals surface area (Å²) in [5.41, 5.74) is 23.0. The molecule has 3 fully saturated rings. The van der Waals surface area contributed by atoms with Crippen molar-refractivity contribution in [2.24, 2.45) is 25.9 Å². The Kier molecular flexibility index (Phi) is 20.0. The summed E-state index contributed by atoms with van der Waals surface area (Å²) in [6.07, 6.45) is 26.3. The molecule has 628 valence electrons. The van der Waals surface area contributed by atoms with Gasteiger partial charge in [-0.15, -0.1) is 0 Å². The van der Waals surface area contributed by atoms with Crippen molar-refractivity contribution in [2.45, 2.75) is 170 Å². The normalized spacial score (nSPS) is 17.9. The van der Waals surface area contributed by atoms with Gasteiger partial charge in [-0.3, -0.25) is 39.1 Å². The van der Waals surface area contributed by atoms with Gasteiger partial charge < -0.3 is 36.4 Å². The largest absolute Gasteiger partial charge is 0.432 e. The second kappa shape index (κ2) is 31.5. The molecule has 0 bridgehead atoms. The molecule has 2 atom stereocenters. The summed E-state index contributed by atoms with van der Waals surface area (Å²) in [6, 6.07) is 30.3. The molecule has 2 aromatic carbocycles. The van der Waals surface area contributed by atoms with Crippen molar-refractivity contribution in [1.29, 1.82) is 0 Å². The van der Waals surface area contributed by atoms with Crippen LogP contribution in [0.25, 0.3) is 133 Å². The molecule has 3 saturated carbocycles. The minimum atomic E-state index is -4.51. The molecule has 16 aromatic heterocycles. The molecule has 29 heteroatoms. The number of pyridine rings is 4. The number of nitrogens with zero attached hydrogens (tertiary/aromatic N) is 19. The average Bonchev–Trinajstić information content (AvgIpc) is 1.61. The molecular weight excluding hydrogens is 1570 g/mol. The Morgan fingerprint density at radius 3 is 1.22 bits per heavy atom. The van der Waals surface area contributed by atoms with E-state index >= 15 is 0 Å². The third-order valence-electron chi connectivity index (χ3n) is 24.0. The summed E-state index contributed by atoms with van der Waals surface area (Å²) in [4.78, 5) is 19.1. The zero-order chi connectivity index (χ0) is 87.6. The number of aryl methyl sites for hydroxylation is 10. The number of hydrogen-bond donors (Lipinski definition) is 1. The topological polar surface area (TPSA) is 258 Å². The van der Waals surface area contributed by atoms with Crippen molar-refractivity contribution >= 4 is 44.1 Å². The summed E-state index contributed by atoms with van der Waals surface area (Å²) >= 11 is 0. The van der Waals surface area contributed by atoms with E-state index in [4.69, 9.17) is 35.8 Å². The Bertz CT molecular complexity index is 6960. The lowest BCUT2D eigenvalue weighted by atomic mass is 9.73. The molecule has 0 saturated heterocycles. The monoisotopic (exact) mass is 1660 g/mol. The predicted octanol–water partition coefficient (Wildman–Crippen LogP) is 22.1. The van der Waals surface area contributed by atoms with Gasteiger partial charge in [-0.1, -0.05) is 81.3 Å². The van der Waals surface area contributed by atoms with Crippen LogP contribution in [0.3, 0.4) is 0 Å². The molecule has 21 rings (SSSR count). The van der Waals surface area contributed by atoms with Gasteiger partial charge >= 0.3 is 6.18 Å². The molecule has 3 aliphatic rings. The van der Waals surface area contributed by atoms with Gasteiger partial charge in [-0.2, -0.15) is 33.6 Å². The predicted molar refractivity (Wildman–Crippen MR) is 460 cm³/mol. The van der Waals surface area contributed by atoms with Gasteiger partial charge in [0.2, 0.25) is 0 Å². The molecule has 24 nitrogen and oxygen atoms in total. The second-order valence-corrected chi connectivity index (χ2v) is 33.6. The molecule has 2 unspecified atom stereocenters. The summed E-state index contributed by atoms with van der Waals surface area (Å²) < 4.78 is 121. The molecular formula is C94H93F5N20O4. The highest BCUT2D eigenvalue weighted by Gasteiger charge is 2.42. The smallest absolute Gasteiger partial charge is 0.361 e. The number of aromatic amines is 1. The first-order valence-corrected chi connectivity index (χ1v) is 41.1. The van der Waals surface area contributed by atoms with Crippen LogP contribution >= 0.6 is 0 Å². The molecule has 16 heterocycles. The highest BCUT2D eigenvalue weighted by Crippen LogP contribution is 2.47. The number of hydrogen-bond acceptors (Lipinski definition) is 16. The summed E-state index contributed by atoms with van der Waals surface area (Å²) in [5.74, 6) is 2.86. The standard InChI is InChI=1S/C26H25N5O.C24H20F3N5O.2C22H24FN5O/c1-16-25(18(3)32-29-16)20-11-24-26(27-12-20)23(21-13-28-31(14-21)22-9-10-22)15-30(24)17(2)19-7-5-4-6-8-19;1-13-22(15(3)33-31-13)17-9-20-23(28-11-17)18(19-10-21(30-29-19)24(25,26)27)12-32(20)14(2)16-7-5-4-6-8-16;2*1-13-20(14(2)29-26-13)16-5-19-21(24-8-16)18(17-9-25-27(4)11-17)12-28(19)10-15-6-22(3,23)7-15/h4-8,11-15,17,22H,9-10H2,1-3H3;4-12,14H,1-3H3,(H,29,30);2*5,8-9,11-12,15H,6-7,10H2,1-4H3/i;;10D2;. The van der Waals surface area contributed by atoms with Crippen LogP contribution in [0.1, 0.15) is 150 Å². The lowest BCUT2D eigenvalue weighted by Gasteiger charge is -2.39. The first kappa shape index (κ1) is 78.1. The summed E-state index contributed by atoms with van der Waals surface area (Å²) in [6.45, 7) is 21.7. The van der Waals surface area contributed by atoms with E-state index in [1.807, 2.05) is 167 Å². The van der Waals surface area contributed by atoms with E-state index in [1.165, 1.54) is 25.3 Å². The molecule has 3 aliphatic carbocycles. The van der Waals surface area contributed by atoms with Gasteiger partial charge in [0.25, 0.3) is 0 Å². The first-order chi connectivity index (χ1) is 59.7. The lowest BCUT2D eigenvalue weighted by molar-refractivity contribution is -0.141. The van der Waals surface area contributed by atoms with Crippen LogP contribution in [0.4, 0.5) is 22.0 Å². The van der Waals surface area contributed by atoms with E-state index in [0.717, 1.165) is 158 Å². The van der Waals surface area contributed by atoms with Crippen LogP contribution in [0.15, 0.2) is 196 Å². The van der Waals surface area contributed by atoms with Crippen LogP contribution in [0, 0.1) is 67.2 Å². The molecule has 123 heavy (non-hydrogen) atoms. The Labute approximate surface area is 707 Å². The van der Waals surface area contributed by atoms with Gasteiger partial charge in [-0.25, -0.2) is 8.78 Å². The Morgan fingerprint density at radius 1 is 0.455 bits per heavy atom.